The van der Waals surface area contributed by atoms with Crippen molar-refractivity contribution < 1.29 is 4.79 Å². The number of carbonyl (C=O) groups excluding carboxylic acids is 1. The summed E-state index contributed by atoms with van der Waals surface area (Å²) >= 11 is 1.39. The number of likely N-dealkylation sites (tertiary alicyclic amines) is 1. The number of hydrogen-bond donors (Lipinski definition) is 1. The van der Waals surface area contributed by atoms with Crippen molar-refractivity contribution in [2.75, 3.05) is 18.4 Å². The van der Waals surface area contributed by atoms with E-state index in [1.165, 1.54) is 17.8 Å². The molecule has 3 heterocycles. The van der Waals surface area contributed by atoms with Gasteiger partial charge in [-0.25, -0.2) is 15.0 Å². The Kier molecular flexibility index (Phi) is 4.33. The van der Waals surface area contributed by atoms with Crippen molar-refractivity contribution >= 4 is 28.3 Å². The lowest BCUT2D eigenvalue weighted by Gasteiger charge is -2.34. The molecule has 1 aliphatic heterocycles. The predicted octanol–water partition coefficient (Wildman–Crippen LogP) is 2.79. The number of aromatic nitrogens is 3. The summed E-state index contributed by atoms with van der Waals surface area (Å²) < 4.78 is 0. The molecule has 1 saturated heterocycles. The van der Waals surface area contributed by atoms with Gasteiger partial charge in [-0.3, -0.25) is 4.79 Å². The van der Waals surface area contributed by atoms with Gasteiger partial charge in [0.2, 0.25) is 5.95 Å². The number of thiazole rings is 1. The smallest absolute Gasteiger partial charge is 0.273 e. The minimum Gasteiger partial charge on any atom is -0.337 e. The minimum absolute atomic E-state index is 0.0108. The Morgan fingerprint density at radius 2 is 1.95 bits per heavy atom. The summed E-state index contributed by atoms with van der Waals surface area (Å²) in [6.45, 7) is 6.00. The van der Waals surface area contributed by atoms with Crippen LogP contribution in [-0.2, 0) is 0 Å². The van der Waals surface area contributed by atoms with E-state index in [1.54, 1.807) is 23.8 Å². The van der Waals surface area contributed by atoms with E-state index in [4.69, 9.17) is 0 Å². The van der Waals surface area contributed by atoms with Crippen LogP contribution >= 0.6 is 11.3 Å². The Balaban J connectivity index is 1.69. The third-order valence-electron chi connectivity index (χ3n) is 3.66. The van der Waals surface area contributed by atoms with Gasteiger partial charge in [0.15, 0.2) is 5.13 Å². The van der Waals surface area contributed by atoms with Crippen LogP contribution in [0, 0.1) is 11.8 Å². The molecule has 0 radical (unpaired) electrons. The Hall–Kier alpha value is -2.02. The molecule has 0 spiro atoms. The fourth-order valence-corrected chi connectivity index (χ4v) is 3.56. The highest BCUT2D eigenvalue weighted by atomic mass is 32.1. The number of amides is 1. The third-order valence-corrected chi connectivity index (χ3v) is 4.42. The Morgan fingerprint density at radius 1 is 1.27 bits per heavy atom. The van der Waals surface area contributed by atoms with Gasteiger partial charge in [-0.05, 0) is 24.3 Å². The van der Waals surface area contributed by atoms with E-state index in [1.807, 2.05) is 4.90 Å². The Bertz CT molecular complexity index is 634. The monoisotopic (exact) mass is 317 g/mol. The molecule has 0 aromatic carbocycles. The lowest BCUT2D eigenvalue weighted by atomic mass is 9.92. The van der Waals surface area contributed by atoms with Crippen molar-refractivity contribution in [2.24, 2.45) is 11.8 Å². The fourth-order valence-electron chi connectivity index (χ4n) is 2.88. The predicted molar refractivity (Wildman–Crippen MR) is 86.3 cm³/mol. The van der Waals surface area contributed by atoms with Crippen molar-refractivity contribution in [3.63, 3.8) is 0 Å². The van der Waals surface area contributed by atoms with E-state index in [-0.39, 0.29) is 5.91 Å². The maximum absolute atomic E-state index is 12.6. The largest absolute Gasteiger partial charge is 0.337 e. The van der Waals surface area contributed by atoms with Crippen LogP contribution in [0.25, 0.3) is 0 Å². The van der Waals surface area contributed by atoms with Crippen molar-refractivity contribution in [1.82, 2.24) is 19.9 Å². The molecule has 0 bridgehead atoms. The van der Waals surface area contributed by atoms with E-state index in [9.17, 15) is 4.79 Å². The molecular weight excluding hydrogens is 298 g/mol. The topological polar surface area (TPSA) is 71.0 Å². The molecule has 2 aromatic rings. The highest BCUT2D eigenvalue weighted by Crippen LogP contribution is 2.24. The molecule has 2 aromatic heterocycles. The van der Waals surface area contributed by atoms with Crippen molar-refractivity contribution in [2.45, 2.75) is 20.3 Å². The average molecular weight is 317 g/mol. The van der Waals surface area contributed by atoms with Crippen LogP contribution in [-0.4, -0.2) is 38.8 Å². The van der Waals surface area contributed by atoms with Crippen LogP contribution < -0.4 is 5.32 Å². The molecule has 1 aliphatic rings. The molecule has 1 N–H and O–H groups in total. The first kappa shape index (κ1) is 14.9. The summed E-state index contributed by atoms with van der Waals surface area (Å²) in [7, 11) is 0. The van der Waals surface area contributed by atoms with Gasteiger partial charge in [-0.1, -0.05) is 13.8 Å². The number of piperidine rings is 1. The first-order valence-electron chi connectivity index (χ1n) is 7.40. The first-order chi connectivity index (χ1) is 10.6. The zero-order valence-corrected chi connectivity index (χ0v) is 13.5. The lowest BCUT2D eigenvalue weighted by molar-refractivity contribution is 0.0618. The maximum atomic E-state index is 12.6. The minimum atomic E-state index is 0.0108. The highest BCUT2D eigenvalue weighted by molar-refractivity contribution is 7.14. The summed E-state index contributed by atoms with van der Waals surface area (Å²) in [5.74, 6) is 1.58. The molecule has 0 aliphatic carbocycles. The van der Waals surface area contributed by atoms with Gasteiger partial charge in [0, 0.05) is 30.9 Å². The van der Waals surface area contributed by atoms with Gasteiger partial charge in [0.25, 0.3) is 5.91 Å². The number of rotatable bonds is 3. The molecule has 116 valence electrons. The second-order valence-electron chi connectivity index (χ2n) is 5.89. The molecule has 7 heteroatoms. The molecule has 2 unspecified atom stereocenters. The molecular formula is C15H19N5OS. The van der Waals surface area contributed by atoms with Crippen molar-refractivity contribution in [3.05, 3.63) is 29.5 Å². The molecule has 0 saturated carbocycles. The summed E-state index contributed by atoms with van der Waals surface area (Å²) in [4.78, 5) is 27.0. The second-order valence-corrected chi connectivity index (χ2v) is 6.75. The SMILES string of the molecule is CC1CC(C)CN(C(=O)c2csc(Nc3ncccn3)n2)C1. The molecule has 3 rings (SSSR count). The zero-order chi connectivity index (χ0) is 15.5. The van der Waals surface area contributed by atoms with Gasteiger partial charge < -0.3 is 10.2 Å². The highest BCUT2D eigenvalue weighted by Gasteiger charge is 2.27. The van der Waals surface area contributed by atoms with E-state index >= 15 is 0 Å². The van der Waals surface area contributed by atoms with Crippen LogP contribution in [0.5, 0.6) is 0 Å². The zero-order valence-electron chi connectivity index (χ0n) is 12.7. The van der Waals surface area contributed by atoms with Gasteiger partial charge in [-0.15, -0.1) is 11.3 Å². The maximum Gasteiger partial charge on any atom is 0.273 e. The van der Waals surface area contributed by atoms with Crippen molar-refractivity contribution in [3.8, 4) is 0 Å². The Labute approximate surface area is 133 Å². The van der Waals surface area contributed by atoms with Gasteiger partial charge in [-0.2, -0.15) is 0 Å². The van der Waals surface area contributed by atoms with Crippen LogP contribution in [0.3, 0.4) is 0 Å². The second kappa shape index (κ2) is 6.39. The van der Waals surface area contributed by atoms with E-state index in [0.29, 0.717) is 28.6 Å². The van der Waals surface area contributed by atoms with Crippen LogP contribution in [0.4, 0.5) is 11.1 Å². The third kappa shape index (κ3) is 3.41. The van der Waals surface area contributed by atoms with Crippen LogP contribution in [0.15, 0.2) is 23.8 Å². The van der Waals surface area contributed by atoms with E-state index in [2.05, 4.69) is 34.1 Å². The number of nitrogens with zero attached hydrogens (tertiary/aromatic N) is 4. The molecule has 22 heavy (non-hydrogen) atoms. The molecule has 6 nitrogen and oxygen atoms in total. The fraction of sp³-hybridized carbons (Fsp3) is 0.467. The lowest BCUT2D eigenvalue weighted by Crippen LogP contribution is -2.42. The van der Waals surface area contributed by atoms with Gasteiger partial charge >= 0.3 is 0 Å². The van der Waals surface area contributed by atoms with Crippen molar-refractivity contribution in [1.29, 1.82) is 0 Å². The molecule has 2 atom stereocenters. The first-order valence-corrected chi connectivity index (χ1v) is 8.28. The summed E-state index contributed by atoms with van der Waals surface area (Å²) in [6, 6.07) is 1.75. The van der Waals surface area contributed by atoms with E-state index in [0.717, 1.165) is 13.1 Å². The van der Waals surface area contributed by atoms with Gasteiger partial charge in [0.05, 0.1) is 0 Å². The number of nitrogens with one attached hydrogen (secondary N) is 1. The normalized spacial score (nSPS) is 21.6. The number of carbonyl (C=O) groups is 1. The number of anilines is 2. The standard InChI is InChI=1S/C15H19N5OS/c1-10-6-11(2)8-20(7-10)13(21)12-9-22-15(18-12)19-14-16-4-3-5-17-14/h3-5,9-11H,6-8H2,1-2H3,(H,16,17,18,19). The van der Waals surface area contributed by atoms with Crippen LogP contribution in [0.2, 0.25) is 0 Å². The molecule has 1 fully saturated rings. The van der Waals surface area contributed by atoms with Crippen LogP contribution in [0.1, 0.15) is 30.8 Å². The average Bonchev–Trinajstić information content (AvgIpc) is 2.95. The number of hydrogen-bond acceptors (Lipinski definition) is 6. The Morgan fingerprint density at radius 3 is 2.64 bits per heavy atom. The summed E-state index contributed by atoms with van der Waals surface area (Å²) in [5.41, 5.74) is 0.490. The van der Waals surface area contributed by atoms with E-state index < -0.39 is 0 Å². The molecule has 1 amide bonds. The summed E-state index contributed by atoms with van der Waals surface area (Å²) in [6.07, 6.45) is 4.50. The summed E-state index contributed by atoms with van der Waals surface area (Å²) in [5, 5.41) is 5.44. The van der Waals surface area contributed by atoms with Gasteiger partial charge in [0.1, 0.15) is 5.69 Å². The quantitative estimate of drug-likeness (QED) is 0.942.